The first-order valence-corrected chi connectivity index (χ1v) is 10.4. The molecule has 1 spiro atoms. The van der Waals surface area contributed by atoms with Gasteiger partial charge in [-0.15, -0.1) is 0 Å². The summed E-state index contributed by atoms with van der Waals surface area (Å²) in [5.74, 6) is 0.828. The normalized spacial score (nSPS) is 30.6. The first kappa shape index (κ1) is 17.4. The molecule has 3 aliphatic heterocycles. The van der Waals surface area contributed by atoms with E-state index in [-0.39, 0.29) is 0 Å². The van der Waals surface area contributed by atoms with Crippen molar-refractivity contribution in [2.75, 3.05) is 44.7 Å². The van der Waals surface area contributed by atoms with E-state index in [1.165, 1.54) is 76.0 Å². The Morgan fingerprint density at radius 3 is 2.44 bits per heavy atom. The van der Waals surface area contributed by atoms with E-state index in [0.29, 0.717) is 11.5 Å². The van der Waals surface area contributed by atoms with Crippen LogP contribution in [0.5, 0.6) is 0 Å². The van der Waals surface area contributed by atoms with Gasteiger partial charge in [-0.2, -0.15) is 0 Å². The molecule has 0 bridgehead atoms. The molecule has 0 unspecified atom stereocenters. The van der Waals surface area contributed by atoms with Gasteiger partial charge in [0.15, 0.2) is 0 Å². The molecule has 2 atom stereocenters. The van der Waals surface area contributed by atoms with Gasteiger partial charge in [0.1, 0.15) is 0 Å². The van der Waals surface area contributed by atoms with E-state index in [1.54, 1.807) is 0 Å². The Bertz CT molecular complexity index is 551. The van der Waals surface area contributed by atoms with Crippen LogP contribution in [0, 0.1) is 11.3 Å². The zero-order valence-electron chi connectivity index (χ0n) is 16.1. The molecule has 138 valence electrons. The van der Waals surface area contributed by atoms with Gasteiger partial charge in [0.05, 0.1) is 0 Å². The molecular formula is C22H35N3. The van der Waals surface area contributed by atoms with Crippen molar-refractivity contribution in [1.29, 1.82) is 0 Å². The predicted octanol–water partition coefficient (Wildman–Crippen LogP) is 4.06. The minimum Gasteiger partial charge on any atom is -0.371 e. The van der Waals surface area contributed by atoms with Crippen LogP contribution >= 0.6 is 0 Å². The second-order valence-electron chi connectivity index (χ2n) is 9.06. The van der Waals surface area contributed by atoms with E-state index in [1.807, 2.05) is 0 Å². The lowest BCUT2D eigenvalue weighted by molar-refractivity contribution is 0.103. The topological polar surface area (TPSA) is 18.5 Å². The highest BCUT2D eigenvalue weighted by atomic mass is 15.2. The molecule has 0 aromatic heterocycles. The van der Waals surface area contributed by atoms with Crippen molar-refractivity contribution in [3.8, 4) is 0 Å². The minimum atomic E-state index is 0.562. The van der Waals surface area contributed by atoms with Gasteiger partial charge >= 0.3 is 0 Å². The van der Waals surface area contributed by atoms with Crippen LogP contribution in [-0.4, -0.2) is 44.7 Å². The molecule has 25 heavy (non-hydrogen) atoms. The van der Waals surface area contributed by atoms with Crippen molar-refractivity contribution in [3.05, 3.63) is 29.8 Å². The van der Waals surface area contributed by atoms with Crippen LogP contribution in [0.3, 0.4) is 0 Å². The van der Waals surface area contributed by atoms with Crippen LogP contribution in [0.15, 0.2) is 24.3 Å². The van der Waals surface area contributed by atoms with Crippen LogP contribution in [-0.2, 0) is 0 Å². The second kappa shape index (κ2) is 7.28. The number of benzene rings is 1. The SMILES string of the molecule is C[C@H]1CC[C@H](c2ccc(N3CCCC4(CCN(C)CC4)C3)cc2)NC1. The summed E-state index contributed by atoms with van der Waals surface area (Å²) in [5, 5.41) is 3.72. The average molecular weight is 342 g/mol. The third kappa shape index (κ3) is 3.88. The lowest BCUT2D eigenvalue weighted by Crippen LogP contribution is -2.49. The van der Waals surface area contributed by atoms with Gasteiger partial charge in [0.25, 0.3) is 0 Å². The molecule has 3 nitrogen and oxygen atoms in total. The maximum absolute atomic E-state index is 3.72. The quantitative estimate of drug-likeness (QED) is 0.875. The summed E-state index contributed by atoms with van der Waals surface area (Å²) in [7, 11) is 2.27. The van der Waals surface area contributed by atoms with Crippen LogP contribution in [0.25, 0.3) is 0 Å². The highest BCUT2D eigenvalue weighted by Crippen LogP contribution is 2.41. The Hall–Kier alpha value is -1.06. The fourth-order valence-electron chi connectivity index (χ4n) is 5.13. The number of nitrogens with zero attached hydrogens (tertiary/aromatic N) is 2. The zero-order valence-corrected chi connectivity index (χ0v) is 16.1. The van der Waals surface area contributed by atoms with Gasteiger partial charge < -0.3 is 15.1 Å². The maximum atomic E-state index is 3.72. The number of rotatable bonds is 2. The maximum Gasteiger partial charge on any atom is 0.0366 e. The lowest BCUT2D eigenvalue weighted by Gasteiger charge is -2.48. The summed E-state index contributed by atoms with van der Waals surface area (Å²) in [4.78, 5) is 5.16. The van der Waals surface area contributed by atoms with Crippen LogP contribution in [0.4, 0.5) is 5.69 Å². The monoisotopic (exact) mass is 341 g/mol. The molecule has 1 N–H and O–H groups in total. The largest absolute Gasteiger partial charge is 0.371 e. The highest BCUT2D eigenvalue weighted by Gasteiger charge is 2.37. The molecule has 1 aromatic rings. The first-order chi connectivity index (χ1) is 12.1. The Labute approximate surface area is 153 Å². The van der Waals surface area contributed by atoms with Crippen molar-refractivity contribution in [2.45, 2.75) is 51.5 Å². The highest BCUT2D eigenvalue weighted by molar-refractivity contribution is 5.49. The molecule has 0 aliphatic carbocycles. The molecule has 3 aliphatic rings. The standard InChI is InChI=1S/C22H35N3/c1-18-4-9-21(23-16-18)19-5-7-20(8-6-19)25-13-3-10-22(17-25)11-14-24(2)15-12-22/h5-8,18,21,23H,3-4,9-17H2,1-2H3/t18-,21+/m0/s1. The van der Waals surface area contributed by atoms with Gasteiger partial charge in [-0.05, 0) is 94.2 Å². The summed E-state index contributed by atoms with van der Waals surface area (Å²) >= 11 is 0. The number of hydrogen-bond donors (Lipinski definition) is 1. The fraction of sp³-hybridized carbons (Fsp3) is 0.727. The first-order valence-electron chi connectivity index (χ1n) is 10.4. The number of likely N-dealkylation sites (tertiary alicyclic amines) is 1. The van der Waals surface area contributed by atoms with Gasteiger partial charge in [-0.3, -0.25) is 0 Å². The number of hydrogen-bond acceptors (Lipinski definition) is 3. The van der Waals surface area contributed by atoms with E-state index in [9.17, 15) is 0 Å². The minimum absolute atomic E-state index is 0.562. The van der Waals surface area contributed by atoms with Gasteiger partial charge in [0.2, 0.25) is 0 Å². The van der Waals surface area contributed by atoms with Crippen molar-refractivity contribution in [1.82, 2.24) is 10.2 Å². The summed E-state index contributed by atoms with van der Waals surface area (Å²) in [6.45, 7) is 8.56. The molecule has 3 heteroatoms. The van der Waals surface area contributed by atoms with Crippen molar-refractivity contribution in [3.63, 3.8) is 0 Å². The van der Waals surface area contributed by atoms with E-state index in [2.05, 4.69) is 53.4 Å². The van der Waals surface area contributed by atoms with Gasteiger partial charge in [0, 0.05) is 24.8 Å². The van der Waals surface area contributed by atoms with Crippen molar-refractivity contribution < 1.29 is 0 Å². The van der Waals surface area contributed by atoms with Crippen molar-refractivity contribution >= 4 is 5.69 Å². The smallest absolute Gasteiger partial charge is 0.0366 e. The molecule has 3 saturated heterocycles. The lowest BCUT2D eigenvalue weighted by atomic mass is 9.72. The molecular weight excluding hydrogens is 306 g/mol. The fourth-order valence-corrected chi connectivity index (χ4v) is 5.13. The summed E-state index contributed by atoms with van der Waals surface area (Å²) < 4.78 is 0. The summed E-state index contributed by atoms with van der Waals surface area (Å²) in [6, 6.07) is 10.1. The van der Waals surface area contributed by atoms with E-state index in [4.69, 9.17) is 0 Å². The number of nitrogens with one attached hydrogen (secondary N) is 1. The van der Waals surface area contributed by atoms with Crippen LogP contribution in [0.2, 0.25) is 0 Å². The average Bonchev–Trinajstić information content (AvgIpc) is 2.65. The number of piperidine rings is 3. The molecule has 4 rings (SSSR count). The molecule has 0 amide bonds. The molecule has 3 heterocycles. The van der Waals surface area contributed by atoms with Gasteiger partial charge in [-0.1, -0.05) is 19.1 Å². The second-order valence-corrected chi connectivity index (χ2v) is 9.06. The Morgan fingerprint density at radius 2 is 1.76 bits per heavy atom. The van der Waals surface area contributed by atoms with Gasteiger partial charge in [-0.25, -0.2) is 0 Å². The van der Waals surface area contributed by atoms with E-state index in [0.717, 1.165) is 12.5 Å². The van der Waals surface area contributed by atoms with Crippen LogP contribution < -0.4 is 10.2 Å². The van der Waals surface area contributed by atoms with E-state index >= 15 is 0 Å². The third-order valence-corrected chi connectivity index (χ3v) is 7.03. The van der Waals surface area contributed by atoms with Crippen molar-refractivity contribution in [2.24, 2.45) is 11.3 Å². The molecule has 0 radical (unpaired) electrons. The Kier molecular flexibility index (Phi) is 5.06. The molecule has 0 saturated carbocycles. The zero-order chi connectivity index (χ0) is 17.3. The van der Waals surface area contributed by atoms with E-state index < -0.39 is 0 Å². The van der Waals surface area contributed by atoms with Crippen LogP contribution in [0.1, 0.15) is 57.1 Å². The molecule has 3 fully saturated rings. The number of anilines is 1. The Morgan fingerprint density at radius 1 is 1.00 bits per heavy atom. The third-order valence-electron chi connectivity index (χ3n) is 7.03. The summed E-state index contributed by atoms with van der Waals surface area (Å²) in [6.07, 6.45) is 8.17. The summed E-state index contributed by atoms with van der Waals surface area (Å²) in [5.41, 5.74) is 3.48. The predicted molar refractivity (Wildman–Crippen MR) is 106 cm³/mol. The molecule has 1 aromatic carbocycles. The Balaban J connectivity index is 1.41.